The topological polar surface area (TPSA) is 85.5 Å². The molecule has 0 fully saturated rings. The van der Waals surface area contributed by atoms with Gasteiger partial charge < -0.3 is 9.84 Å². The number of ether oxygens (including phenoxy) is 1. The molecule has 1 heterocycles. The maximum Gasteiger partial charge on any atom is 0.312 e. The van der Waals surface area contributed by atoms with Gasteiger partial charge in [0.25, 0.3) is 0 Å². The molecule has 6 nitrogen and oxygen atoms in total. The maximum absolute atomic E-state index is 11.6. The van der Waals surface area contributed by atoms with Crippen LogP contribution in [0, 0.1) is 10.1 Å². The third-order valence-electron chi connectivity index (χ3n) is 3.95. The second kappa shape index (κ2) is 6.86. The van der Waals surface area contributed by atoms with Crippen molar-refractivity contribution in [1.82, 2.24) is 4.98 Å². The van der Waals surface area contributed by atoms with Crippen molar-refractivity contribution in [2.24, 2.45) is 0 Å². The minimum atomic E-state index is -0.510. The molecule has 27 heavy (non-hydrogen) atoms. The summed E-state index contributed by atoms with van der Waals surface area (Å²) in [7, 11) is 0. The van der Waals surface area contributed by atoms with E-state index in [0.29, 0.717) is 21.3 Å². The minimum absolute atomic E-state index is 0.108. The van der Waals surface area contributed by atoms with E-state index >= 15 is 0 Å². The average Bonchev–Trinajstić information content (AvgIpc) is 3.11. The summed E-state index contributed by atoms with van der Waals surface area (Å²) in [5.74, 6) is 0.459. The molecule has 1 aromatic heterocycles. The summed E-state index contributed by atoms with van der Waals surface area (Å²) in [5.41, 5.74) is 0.335. The molecule has 0 bridgehead atoms. The Bertz CT molecular complexity index is 1180. The van der Waals surface area contributed by atoms with Crippen LogP contribution in [0.2, 0.25) is 5.02 Å². The van der Waals surface area contributed by atoms with Gasteiger partial charge in [0.2, 0.25) is 11.6 Å². The van der Waals surface area contributed by atoms with E-state index in [1.54, 1.807) is 18.2 Å². The fourth-order valence-electron chi connectivity index (χ4n) is 2.72. The van der Waals surface area contributed by atoms with Gasteiger partial charge in [-0.05, 0) is 24.3 Å². The Morgan fingerprint density at radius 2 is 1.81 bits per heavy atom. The molecule has 134 valence electrons. The summed E-state index contributed by atoms with van der Waals surface area (Å²) in [4.78, 5) is 15.0. The SMILES string of the molecule is O=[N+]([O-])c1cc(-c2nc(O)cs2)ccc1Oc1ccc(Cl)c2ccccc12. The first-order valence-electron chi connectivity index (χ1n) is 7.81. The maximum atomic E-state index is 11.6. The Kier molecular flexibility index (Phi) is 4.39. The molecule has 0 atom stereocenters. The normalized spacial score (nSPS) is 10.9. The van der Waals surface area contributed by atoms with E-state index in [0.717, 1.165) is 10.8 Å². The van der Waals surface area contributed by atoms with Crippen molar-refractivity contribution in [1.29, 1.82) is 0 Å². The highest BCUT2D eigenvalue weighted by molar-refractivity contribution is 7.13. The van der Waals surface area contributed by atoms with Crippen LogP contribution in [0.4, 0.5) is 5.69 Å². The smallest absolute Gasteiger partial charge is 0.312 e. The average molecular weight is 399 g/mol. The zero-order valence-corrected chi connectivity index (χ0v) is 15.2. The highest BCUT2D eigenvalue weighted by Gasteiger charge is 2.19. The molecule has 0 saturated carbocycles. The summed E-state index contributed by atoms with van der Waals surface area (Å²) in [5, 5.41) is 25.0. The van der Waals surface area contributed by atoms with Gasteiger partial charge in [-0.15, -0.1) is 11.3 Å². The van der Waals surface area contributed by atoms with Gasteiger partial charge in [0.05, 0.1) is 10.3 Å². The number of halogens is 1. The zero-order chi connectivity index (χ0) is 19.0. The highest BCUT2D eigenvalue weighted by Crippen LogP contribution is 2.39. The molecule has 0 saturated heterocycles. The quantitative estimate of drug-likeness (QED) is 0.335. The predicted octanol–water partition coefficient (Wildman–Crippen LogP) is 6.02. The second-order valence-corrected chi connectivity index (χ2v) is 6.91. The monoisotopic (exact) mass is 398 g/mol. The van der Waals surface area contributed by atoms with Crippen molar-refractivity contribution in [2.45, 2.75) is 0 Å². The van der Waals surface area contributed by atoms with Gasteiger partial charge in [0, 0.05) is 27.4 Å². The largest absolute Gasteiger partial charge is 0.493 e. The third kappa shape index (κ3) is 3.30. The van der Waals surface area contributed by atoms with E-state index in [4.69, 9.17) is 16.3 Å². The van der Waals surface area contributed by atoms with E-state index in [1.807, 2.05) is 24.3 Å². The number of nitro groups is 1. The first kappa shape index (κ1) is 17.3. The number of nitrogens with zero attached hydrogens (tertiary/aromatic N) is 2. The van der Waals surface area contributed by atoms with Crippen molar-refractivity contribution >= 4 is 39.4 Å². The van der Waals surface area contributed by atoms with Gasteiger partial charge in [-0.1, -0.05) is 35.9 Å². The molecule has 3 aromatic carbocycles. The lowest BCUT2D eigenvalue weighted by atomic mass is 10.1. The Labute approximate surface area is 162 Å². The number of thiazole rings is 1. The van der Waals surface area contributed by atoms with E-state index in [-0.39, 0.29) is 17.3 Å². The van der Waals surface area contributed by atoms with Crippen LogP contribution in [0.25, 0.3) is 21.3 Å². The van der Waals surface area contributed by atoms with E-state index in [1.165, 1.54) is 28.8 Å². The van der Waals surface area contributed by atoms with Crippen LogP contribution in [-0.4, -0.2) is 15.0 Å². The summed E-state index contributed by atoms with van der Waals surface area (Å²) >= 11 is 7.41. The molecule has 0 radical (unpaired) electrons. The zero-order valence-electron chi connectivity index (χ0n) is 13.6. The third-order valence-corrected chi connectivity index (χ3v) is 5.15. The van der Waals surface area contributed by atoms with Crippen molar-refractivity contribution in [3.63, 3.8) is 0 Å². The summed E-state index contributed by atoms with van der Waals surface area (Å²) in [6.45, 7) is 0. The van der Waals surface area contributed by atoms with Crippen LogP contribution >= 0.6 is 22.9 Å². The van der Waals surface area contributed by atoms with Gasteiger partial charge in [-0.3, -0.25) is 10.1 Å². The van der Waals surface area contributed by atoms with Crippen LogP contribution in [0.5, 0.6) is 17.4 Å². The highest BCUT2D eigenvalue weighted by atomic mass is 35.5. The lowest BCUT2D eigenvalue weighted by Gasteiger charge is -2.11. The Balaban J connectivity index is 1.78. The molecule has 4 rings (SSSR count). The number of hydrogen-bond donors (Lipinski definition) is 1. The molecule has 4 aromatic rings. The van der Waals surface area contributed by atoms with Crippen molar-refractivity contribution in [3.8, 4) is 28.0 Å². The van der Waals surface area contributed by atoms with Crippen molar-refractivity contribution in [2.75, 3.05) is 0 Å². The number of aromatic nitrogens is 1. The Morgan fingerprint density at radius 3 is 2.52 bits per heavy atom. The number of rotatable bonds is 4. The second-order valence-electron chi connectivity index (χ2n) is 5.64. The molecule has 0 spiro atoms. The Hall–Kier alpha value is -3.16. The molecule has 1 N–H and O–H groups in total. The van der Waals surface area contributed by atoms with Crippen molar-refractivity contribution in [3.05, 3.63) is 75.1 Å². The van der Waals surface area contributed by atoms with Gasteiger partial charge >= 0.3 is 5.69 Å². The molecule has 0 unspecified atom stereocenters. The van der Waals surface area contributed by atoms with Gasteiger partial charge in [0.1, 0.15) is 10.8 Å². The van der Waals surface area contributed by atoms with Crippen molar-refractivity contribution < 1.29 is 14.8 Å². The first-order chi connectivity index (χ1) is 13.0. The van der Waals surface area contributed by atoms with Crippen LogP contribution in [0.15, 0.2) is 60.0 Å². The molecule has 0 aliphatic heterocycles. The molecule has 0 aliphatic rings. The lowest BCUT2D eigenvalue weighted by Crippen LogP contribution is -1.95. The molecule has 0 amide bonds. The van der Waals surface area contributed by atoms with Gasteiger partial charge in [0.15, 0.2) is 0 Å². The summed E-state index contributed by atoms with van der Waals surface area (Å²) in [6.07, 6.45) is 0. The first-order valence-corrected chi connectivity index (χ1v) is 9.07. The number of nitro benzene ring substituents is 1. The van der Waals surface area contributed by atoms with E-state index in [2.05, 4.69) is 4.98 Å². The Morgan fingerprint density at radius 1 is 1.07 bits per heavy atom. The van der Waals surface area contributed by atoms with Crippen LogP contribution in [0.3, 0.4) is 0 Å². The number of fused-ring (bicyclic) bond motifs is 1. The van der Waals surface area contributed by atoms with Gasteiger partial charge in [-0.25, -0.2) is 4.98 Å². The summed E-state index contributed by atoms with van der Waals surface area (Å²) in [6, 6.07) is 15.3. The molecule has 8 heteroatoms. The van der Waals surface area contributed by atoms with E-state index < -0.39 is 4.92 Å². The lowest BCUT2D eigenvalue weighted by molar-refractivity contribution is -0.385. The number of benzene rings is 3. The fraction of sp³-hybridized carbons (Fsp3) is 0. The number of aromatic hydroxyl groups is 1. The molecular formula is C19H11ClN2O4S. The molecule has 0 aliphatic carbocycles. The van der Waals surface area contributed by atoms with E-state index in [9.17, 15) is 15.2 Å². The molecular weight excluding hydrogens is 388 g/mol. The number of hydrogen-bond acceptors (Lipinski definition) is 6. The predicted molar refractivity (Wildman–Crippen MR) is 105 cm³/mol. The van der Waals surface area contributed by atoms with Gasteiger partial charge in [-0.2, -0.15) is 0 Å². The summed E-state index contributed by atoms with van der Waals surface area (Å²) < 4.78 is 5.87. The standard InChI is InChI=1S/C19H11ClN2O4S/c20-14-6-8-16(13-4-2-1-3-12(13)14)26-17-7-5-11(9-15(17)22(24)25)19-21-18(23)10-27-19/h1-10,23H. The van der Waals surface area contributed by atoms with Crippen LogP contribution in [-0.2, 0) is 0 Å². The van der Waals surface area contributed by atoms with Crippen LogP contribution in [0.1, 0.15) is 0 Å². The van der Waals surface area contributed by atoms with Crippen LogP contribution < -0.4 is 4.74 Å². The fourth-order valence-corrected chi connectivity index (χ4v) is 3.63. The minimum Gasteiger partial charge on any atom is -0.493 e.